The van der Waals surface area contributed by atoms with Crippen LogP contribution in [0.15, 0.2) is 30.6 Å². The van der Waals surface area contributed by atoms with Crippen LogP contribution in [0.2, 0.25) is 0 Å². The van der Waals surface area contributed by atoms with Crippen molar-refractivity contribution in [1.82, 2.24) is 19.7 Å². The summed E-state index contributed by atoms with van der Waals surface area (Å²) >= 11 is 0. The molecule has 1 aliphatic rings. The van der Waals surface area contributed by atoms with Crippen LogP contribution in [0.25, 0.3) is 22.3 Å². The molecule has 0 bridgehead atoms. The van der Waals surface area contributed by atoms with Gasteiger partial charge in [0.15, 0.2) is 0 Å². The first-order valence-electron chi connectivity index (χ1n) is 9.99. The van der Waals surface area contributed by atoms with Gasteiger partial charge in [0.2, 0.25) is 5.88 Å². The lowest BCUT2D eigenvalue weighted by Crippen LogP contribution is -2.19. The van der Waals surface area contributed by atoms with E-state index in [2.05, 4.69) is 35.3 Å². The first kappa shape index (κ1) is 18.7. The third-order valence-electron chi connectivity index (χ3n) is 4.91. The van der Waals surface area contributed by atoms with Gasteiger partial charge >= 0.3 is 0 Å². The smallest absolute Gasteiger partial charge is 0.222 e. The summed E-state index contributed by atoms with van der Waals surface area (Å²) in [6.07, 6.45) is 6.03. The summed E-state index contributed by atoms with van der Waals surface area (Å²) in [4.78, 5) is 9.23. The van der Waals surface area contributed by atoms with E-state index in [0.717, 1.165) is 54.0 Å². The maximum atomic E-state index is 5.78. The molecule has 0 spiro atoms. The maximum Gasteiger partial charge on any atom is 0.222 e. The van der Waals surface area contributed by atoms with Crippen LogP contribution in [0.3, 0.4) is 0 Å². The number of nitrogens with one attached hydrogen (secondary N) is 1. The number of ether oxygens (including phenoxy) is 2. The number of fused-ring (bicyclic) bond motifs is 1. The fraction of sp³-hybridized carbons (Fsp3) is 0.476. The molecule has 1 saturated heterocycles. The monoisotopic (exact) mass is 381 g/mol. The molecule has 0 amide bonds. The van der Waals surface area contributed by atoms with Crippen LogP contribution < -0.4 is 10.1 Å². The Bertz CT molecular complexity index is 947. The quantitative estimate of drug-likeness (QED) is 0.665. The molecule has 1 atom stereocenters. The predicted molar refractivity (Wildman–Crippen MR) is 110 cm³/mol. The van der Waals surface area contributed by atoms with Gasteiger partial charge in [0, 0.05) is 25.4 Å². The van der Waals surface area contributed by atoms with E-state index in [1.165, 1.54) is 0 Å². The van der Waals surface area contributed by atoms with Gasteiger partial charge < -0.3 is 14.8 Å². The first-order chi connectivity index (χ1) is 13.7. The van der Waals surface area contributed by atoms with Crippen LogP contribution in [0.1, 0.15) is 39.7 Å². The summed E-state index contributed by atoms with van der Waals surface area (Å²) in [5.41, 5.74) is 4.57. The lowest BCUT2D eigenvalue weighted by Gasteiger charge is -2.17. The molecule has 0 radical (unpaired) electrons. The molecule has 1 aliphatic heterocycles. The van der Waals surface area contributed by atoms with Crippen molar-refractivity contribution >= 4 is 16.7 Å². The molecule has 4 heterocycles. The number of aromatic nitrogens is 4. The van der Waals surface area contributed by atoms with Gasteiger partial charge in [0.1, 0.15) is 11.0 Å². The van der Waals surface area contributed by atoms with Crippen LogP contribution in [0, 0.1) is 0 Å². The zero-order chi connectivity index (χ0) is 19.5. The minimum absolute atomic E-state index is 0.241. The molecule has 4 rings (SSSR count). The minimum Gasteiger partial charge on any atom is -0.477 e. The van der Waals surface area contributed by atoms with Crippen molar-refractivity contribution in [3.05, 3.63) is 30.6 Å². The Hall–Kier alpha value is -2.67. The van der Waals surface area contributed by atoms with Gasteiger partial charge in [-0.3, -0.25) is 4.68 Å². The molecule has 7 nitrogen and oxygen atoms in total. The molecule has 0 saturated carbocycles. The van der Waals surface area contributed by atoms with Gasteiger partial charge in [0.25, 0.3) is 0 Å². The number of hydrogen-bond donors (Lipinski definition) is 1. The number of pyridine rings is 2. The van der Waals surface area contributed by atoms with Crippen LogP contribution in [0.4, 0.5) is 5.69 Å². The summed E-state index contributed by atoms with van der Waals surface area (Å²) in [5, 5.41) is 8.15. The topological polar surface area (TPSA) is 74.1 Å². The molecule has 3 aromatic heterocycles. The summed E-state index contributed by atoms with van der Waals surface area (Å²) < 4.78 is 13.5. The van der Waals surface area contributed by atoms with E-state index in [9.17, 15) is 0 Å². The second kappa shape index (κ2) is 8.14. The average Bonchev–Trinajstić information content (AvgIpc) is 3.36. The Morgan fingerprint density at radius 3 is 3.04 bits per heavy atom. The highest BCUT2D eigenvalue weighted by molar-refractivity contribution is 5.91. The van der Waals surface area contributed by atoms with Crippen molar-refractivity contribution in [2.24, 2.45) is 0 Å². The SMILES string of the molecule is CCOc1ncccc1-c1cc(NC[C@@H]2CCCO2)c2c(cnn2C(C)C)n1. The molecule has 148 valence electrons. The Morgan fingerprint density at radius 2 is 2.29 bits per heavy atom. The van der Waals surface area contributed by atoms with Crippen LogP contribution in [0.5, 0.6) is 5.88 Å². The summed E-state index contributed by atoms with van der Waals surface area (Å²) in [6.45, 7) is 8.38. The highest BCUT2D eigenvalue weighted by atomic mass is 16.5. The van der Waals surface area contributed by atoms with Gasteiger partial charge in [-0.2, -0.15) is 5.10 Å². The molecule has 1 fully saturated rings. The van der Waals surface area contributed by atoms with Gasteiger partial charge in [-0.25, -0.2) is 9.97 Å². The molecule has 7 heteroatoms. The zero-order valence-corrected chi connectivity index (χ0v) is 16.7. The van der Waals surface area contributed by atoms with E-state index >= 15 is 0 Å². The van der Waals surface area contributed by atoms with E-state index in [4.69, 9.17) is 14.5 Å². The molecule has 0 unspecified atom stereocenters. The standard InChI is InChI=1S/C21H27N5O2/c1-4-27-21-16(8-5-9-22-21)17-11-18(23-12-15-7-6-10-28-15)20-19(25-17)13-24-26(20)14(2)3/h5,8-9,11,13-15H,4,6-7,10,12H2,1-3H3,(H,23,25)/t15-/m0/s1. The van der Waals surface area contributed by atoms with Gasteiger partial charge in [-0.1, -0.05) is 0 Å². The Morgan fingerprint density at radius 1 is 1.39 bits per heavy atom. The van der Waals surface area contributed by atoms with Crippen LogP contribution >= 0.6 is 0 Å². The number of nitrogens with zero attached hydrogens (tertiary/aromatic N) is 4. The molecular weight excluding hydrogens is 354 g/mol. The zero-order valence-electron chi connectivity index (χ0n) is 16.7. The second-order valence-electron chi connectivity index (χ2n) is 7.28. The lowest BCUT2D eigenvalue weighted by atomic mass is 10.1. The minimum atomic E-state index is 0.241. The molecule has 28 heavy (non-hydrogen) atoms. The number of hydrogen-bond acceptors (Lipinski definition) is 6. The third kappa shape index (κ3) is 3.67. The number of anilines is 1. The first-order valence-corrected chi connectivity index (χ1v) is 9.99. The van der Waals surface area contributed by atoms with Crippen molar-refractivity contribution in [2.75, 3.05) is 25.1 Å². The molecule has 0 aliphatic carbocycles. The van der Waals surface area contributed by atoms with Gasteiger partial charge in [0.05, 0.1) is 35.9 Å². The fourth-order valence-electron chi connectivity index (χ4n) is 3.59. The molecule has 3 aromatic rings. The van der Waals surface area contributed by atoms with Gasteiger partial charge in [-0.05, 0) is 51.8 Å². The largest absolute Gasteiger partial charge is 0.477 e. The third-order valence-corrected chi connectivity index (χ3v) is 4.91. The van der Waals surface area contributed by atoms with Gasteiger partial charge in [-0.15, -0.1) is 0 Å². The average molecular weight is 381 g/mol. The summed E-state index contributed by atoms with van der Waals surface area (Å²) in [7, 11) is 0. The van der Waals surface area contributed by atoms with E-state index in [0.29, 0.717) is 12.5 Å². The van der Waals surface area contributed by atoms with Crippen molar-refractivity contribution in [2.45, 2.75) is 45.8 Å². The molecular formula is C21H27N5O2. The lowest BCUT2D eigenvalue weighted by molar-refractivity contribution is 0.120. The fourth-order valence-corrected chi connectivity index (χ4v) is 3.59. The van der Waals surface area contributed by atoms with Crippen molar-refractivity contribution in [3.63, 3.8) is 0 Å². The maximum absolute atomic E-state index is 5.78. The highest BCUT2D eigenvalue weighted by Crippen LogP contribution is 2.33. The van der Waals surface area contributed by atoms with E-state index in [1.807, 2.05) is 29.9 Å². The summed E-state index contributed by atoms with van der Waals surface area (Å²) in [5.74, 6) is 0.596. The number of rotatable bonds is 7. The Kier molecular flexibility index (Phi) is 5.43. The van der Waals surface area contributed by atoms with Crippen LogP contribution in [-0.4, -0.2) is 45.6 Å². The van der Waals surface area contributed by atoms with E-state index in [-0.39, 0.29) is 12.1 Å². The van der Waals surface area contributed by atoms with Crippen molar-refractivity contribution in [3.8, 4) is 17.1 Å². The normalized spacial score (nSPS) is 16.8. The van der Waals surface area contributed by atoms with E-state index in [1.54, 1.807) is 6.20 Å². The van der Waals surface area contributed by atoms with E-state index < -0.39 is 0 Å². The van der Waals surface area contributed by atoms with Crippen LogP contribution in [-0.2, 0) is 4.74 Å². The Labute approximate surface area is 165 Å². The van der Waals surface area contributed by atoms with Crippen molar-refractivity contribution < 1.29 is 9.47 Å². The molecule has 1 N–H and O–H groups in total. The Balaban J connectivity index is 1.78. The second-order valence-corrected chi connectivity index (χ2v) is 7.28. The van der Waals surface area contributed by atoms with Crippen molar-refractivity contribution in [1.29, 1.82) is 0 Å². The predicted octanol–water partition coefficient (Wildman–Crippen LogP) is 4.06. The molecule has 0 aromatic carbocycles. The highest BCUT2D eigenvalue weighted by Gasteiger charge is 2.19. The summed E-state index contributed by atoms with van der Waals surface area (Å²) in [6, 6.07) is 6.20.